The fourth-order valence-electron chi connectivity index (χ4n) is 0.561. The van der Waals surface area contributed by atoms with E-state index in [-0.39, 0.29) is 13.2 Å². The van der Waals surface area contributed by atoms with Gasteiger partial charge in [0.25, 0.3) is 0 Å². The molecule has 0 unspecified atom stereocenters. The number of nitrogens with zero attached hydrogens (tertiary/aromatic N) is 1. The molecular weight excluding hydrogens is 170 g/mol. The zero-order chi connectivity index (χ0) is 10.3. The molecule has 0 atom stereocenters. The number of carbonyl (C=O) groups excluding carboxylic acids is 2. The van der Waals surface area contributed by atoms with Gasteiger partial charge in [0.05, 0.1) is 6.54 Å². The molecule has 0 bridgehead atoms. The quantitative estimate of drug-likeness (QED) is 0.262. The number of likely N-dealkylation sites (N-methyl/N-ethyl adjacent to an activating group) is 1. The fourth-order valence-corrected chi connectivity index (χ4v) is 0.561. The Kier molecular flexibility index (Phi) is 5.05. The molecule has 0 aliphatic rings. The molecule has 4 heteroatoms. The fraction of sp³-hybridized carbons (Fsp3) is 0.333. The van der Waals surface area contributed by atoms with Crippen molar-refractivity contribution in [3.8, 4) is 12.3 Å². The first-order valence-corrected chi connectivity index (χ1v) is 3.60. The van der Waals surface area contributed by atoms with Crippen molar-refractivity contribution in [1.82, 2.24) is 4.90 Å². The number of hydrogen-bond donors (Lipinski definition) is 0. The van der Waals surface area contributed by atoms with Crippen molar-refractivity contribution >= 4 is 11.9 Å². The van der Waals surface area contributed by atoms with Gasteiger partial charge in [-0.05, 0) is 0 Å². The number of amides is 1. The van der Waals surface area contributed by atoms with Gasteiger partial charge in [0.15, 0.2) is 0 Å². The van der Waals surface area contributed by atoms with Crippen molar-refractivity contribution in [3.05, 3.63) is 12.7 Å². The first-order chi connectivity index (χ1) is 6.13. The maximum absolute atomic E-state index is 11.1. The smallest absolute Gasteiger partial charge is 0.397 e. The van der Waals surface area contributed by atoms with Crippen LogP contribution >= 0.6 is 0 Å². The van der Waals surface area contributed by atoms with Gasteiger partial charge in [-0.3, -0.25) is 4.79 Å². The lowest BCUT2D eigenvalue weighted by atomic mass is 10.5. The van der Waals surface area contributed by atoms with Gasteiger partial charge in [0.1, 0.15) is 6.61 Å². The second-order valence-electron chi connectivity index (χ2n) is 2.25. The average Bonchev–Trinajstić information content (AvgIpc) is 2.13. The van der Waals surface area contributed by atoms with Crippen LogP contribution in [0.1, 0.15) is 0 Å². The molecule has 0 aromatic heterocycles. The monoisotopic (exact) mass is 181 g/mol. The highest BCUT2D eigenvalue weighted by Gasteiger charge is 2.18. The Morgan fingerprint density at radius 3 is 2.77 bits per heavy atom. The summed E-state index contributed by atoms with van der Waals surface area (Å²) in [6.07, 6.45) is 6.34. The van der Waals surface area contributed by atoms with Crippen molar-refractivity contribution in [2.45, 2.75) is 0 Å². The van der Waals surface area contributed by atoms with Crippen molar-refractivity contribution in [2.24, 2.45) is 0 Å². The van der Waals surface area contributed by atoms with Crippen molar-refractivity contribution in [2.75, 3.05) is 20.2 Å². The average molecular weight is 181 g/mol. The number of ether oxygens (including phenoxy) is 1. The molecule has 0 saturated carbocycles. The summed E-state index contributed by atoms with van der Waals surface area (Å²) in [5, 5.41) is 0. The number of carbonyl (C=O) groups is 2. The zero-order valence-corrected chi connectivity index (χ0v) is 7.45. The molecule has 1 amide bonds. The van der Waals surface area contributed by atoms with Crippen LogP contribution < -0.4 is 0 Å². The van der Waals surface area contributed by atoms with Crippen LogP contribution in [0.5, 0.6) is 0 Å². The Balaban J connectivity index is 4.03. The first-order valence-electron chi connectivity index (χ1n) is 3.60. The minimum atomic E-state index is -0.919. The van der Waals surface area contributed by atoms with Gasteiger partial charge in [0.2, 0.25) is 0 Å². The van der Waals surface area contributed by atoms with E-state index in [0.29, 0.717) is 0 Å². The van der Waals surface area contributed by atoms with Gasteiger partial charge < -0.3 is 9.64 Å². The second kappa shape index (κ2) is 5.84. The summed E-state index contributed by atoms with van der Waals surface area (Å²) < 4.78 is 4.50. The van der Waals surface area contributed by atoms with Crippen molar-refractivity contribution in [1.29, 1.82) is 0 Å². The molecule has 0 spiro atoms. The van der Waals surface area contributed by atoms with Gasteiger partial charge >= 0.3 is 11.9 Å². The Hall–Kier alpha value is -1.76. The summed E-state index contributed by atoms with van der Waals surface area (Å²) >= 11 is 0. The molecule has 0 heterocycles. The van der Waals surface area contributed by atoms with E-state index in [4.69, 9.17) is 6.42 Å². The summed E-state index contributed by atoms with van der Waals surface area (Å²) in [7, 11) is 1.43. The molecule has 0 aromatic carbocycles. The van der Waals surface area contributed by atoms with E-state index in [1.54, 1.807) is 0 Å². The maximum Gasteiger partial charge on any atom is 0.397 e. The third-order valence-corrected chi connectivity index (χ3v) is 1.18. The normalized spacial score (nSPS) is 8.31. The lowest BCUT2D eigenvalue weighted by molar-refractivity contribution is -0.158. The first kappa shape index (κ1) is 11.2. The predicted octanol–water partition coefficient (Wildman–Crippen LogP) is -0.193. The van der Waals surface area contributed by atoms with Crippen LogP contribution in [0.3, 0.4) is 0 Å². The van der Waals surface area contributed by atoms with E-state index in [2.05, 4.69) is 17.2 Å². The second-order valence-corrected chi connectivity index (χ2v) is 2.25. The number of terminal acetylenes is 1. The van der Waals surface area contributed by atoms with Crippen molar-refractivity contribution < 1.29 is 14.3 Å². The molecule has 0 aromatic rings. The van der Waals surface area contributed by atoms with E-state index >= 15 is 0 Å². The minimum absolute atomic E-state index is 0.0223. The van der Waals surface area contributed by atoms with Gasteiger partial charge in [0, 0.05) is 7.05 Å². The molecule has 13 heavy (non-hydrogen) atoms. The molecule has 0 radical (unpaired) electrons. The molecule has 0 fully saturated rings. The highest BCUT2D eigenvalue weighted by molar-refractivity contribution is 6.32. The minimum Gasteiger partial charge on any atom is -0.454 e. The summed E-state index contributed by atoms with van der Waals surface area (Å²) in [5.41, 5.74) is 0. The van der Waals surface area contributed by atoms with Gasteiger partial charge in [-0.15, -0.1) is 6.42 Å². The topological polar surface area (TPSA) is 46.6 Å². The number of hydrogen-bond acceptors (Lipinski definition) is 3. The Morgan fingerprint density at radius 1 is 1.69 bits per heavy atom. The molecule has 0 aliphatic heterocycles. The summed E-state index contributed by atoms with van der Waals surface area (Å²) in [6.45, 7) is 3.45. The lowest BCUT2D eigenvalue weighted by Crippen LogP contribution is -2.34. The summed E-state index contributed by atoms with van der Waals surface area (Å²) in [6, 6.07) is 0. The van der Waals surface area contributed by atoms with E-state index in [1.165, 1.54) is 13.1 Å². The van der Waals surface area contributed by atoms with E-state index < -0.39 is 11.9 Å². The third kappa shape index (κ3) is 3.97. The van der Waals surface area contributed by atoms with Crippen LogP contribution in [0.2, 0.25) is 0 Å². The molecule has 0 N–H and O–H groups in total. The van der Waals surface area contributed by atoms with Crippen LogP contribution in [0.15, 0.2) is 12.7 Å². The Bertz CT molecular complexity index is 252. The van der Waals surface area contributed by atoms with Crippen LogP contribution in [-0.4, -0.2) is 37.0 Å². The maximum atomic E-state index is 11.1. The van der Waals surface area contributed by atoms with E-state index in [9.17, 15) is 9.59 Å². The van der Waals surface area contributed by atoms with Gasteiger partial charge in [-0.1, -0.05) is 18.6 Å². The highest BCUT2D eigenvalue weighted by Crippen LogP contribution is 1.88. The van der Waals surface area contributed by atoms with Gasteiger partial charge in [-0.25, -0.2) is 4.79 Å². The SMILES string of the molecule is C#CCN(C)C(=O)C(=O)OCC=C. The predicted molar refractivity (Wildman–Crippen MR) is 47.6 cm³/mol. The lowest BCUT2D eigenvalue weighted by Gasteiger charge is -2.11. The largest absolute Gasteiger partial charge is 0.454 e. The van der Waals surface area contributed by atoms with E-state index in [1.807, 2.05) is 0 Å². The van der Waals surface area contributed by atoms with Crippen LogP contribution in [0, 0.1) is 12.3 Å². The standard InChI is InChI=1S/C9H11NO3/c1-4-6-10(3)8(11)9(12)13-7-5-2/h1,5H,2,6-7H2,3H3. The molecule has 0 rings (SSSR count). The zero-order valence-electron chi connectivity index (χ0n) is 7.45. The molecule has 0 aliphatic carbocycles. The number of rotatable bonds is 3. The third-order valence-electron chi connectivity index (χ3n) is 1.18. The number of esters is 1. The summed E-state index contributed by atoms with van der Waals surface area (Å²) in [4.78, 5) is 23.1. The van der Waals surface area contributed by atoms with Crippen molar-refractivity contribution in [3.63, 3.8) is 0 Å². The Labute approximate surface area is 77.2 Å². The summed E-state index contributed by atoms with van der Waals surface area (Å²) in [5.74, 6) is 0.567. The van der Waals surface area contributed by atoms with Crippen LogP contribution in [-0.2, 0) is 14.3 Å². The van der Waals surface area contributed by atoms with Crippen LogP contribution in [0.25, 0.3) is 0 Å². The molecule has 4 nitrogen and oxygen atoms in total. The molecule has 0 saturated heterocycles. The highest BCUT2D eigenvalue weighted by atomic mass is 16.5. The van der Waals surface area contributed by atoms with Crippen LogP contribution in [0.4, 0.5) is 0 Å². The van der Waals surface area contributed by atoms with E-state index in [0.717, 1.165) is 4.90 Å². The molecule has 70 valence electrons. The van der Waals surface area contributed by atoms with Gasteiger partial charge in [-0.2, -0.15) is 0 Å². The Morgan fingerprint density at radius 2 is 2.31 bits per heavy atom. The molecular formula is C9H11NO3.